The molecule has 2 N–H and O–H groups in total. The number of thiophene rings is 1. The highest BCUT2D eigenvalue weighted by atomic mass is 32.1. The number of pyridine rings is 1. The Bertz CT molecular complexity index is 979. The number of nitrogens with two attached hydrogens (primary N) is 1. The van der Waals surface area contributed by atoms with Gasteiger partial charge >= 0.3 is 0 Å². The molecule has 0 amide bonds. The van der Waals surface area contributed by atoms with Gasteiger partial charge in [0.1, 0.15) is 0 Å². The number of anilines is 1. The van der Waals surface area contributed by atoms with Gasteiger partial charge in [-0.25, -0.2) is 9.97 Å². The number of nitrogens with zero attached hydrogens (tertiary/aromatic N) is 3. The van der Waals surface area contributed by atoms with Crippen molar-refractivity contribution in [3.8, 4) is 16.5 Å². The predicted molar refractivity (Wildman–Crippen MR) is 93.7 cm³/mol. The van der Waals surface area contributed by atoms with Gasteiger partial charge in [0.15, 0.2) is 5.52 Å². The van der Waals surface area contributed by atoms with Crippen molar-refractivity contribution < 1.29 is 4.74 Å². The van der Waals surface area contributed by atoms with Crippen molar-refractivity contribution >= 4 is 38.4 Å². The zero-order valence-electron chi connectivity index (χ0n) is 12.5. The molecule has 0 saturated carbocycles. The Balaban J connectivity index is 1.90. The first-order valence-electron chi connectivity index (χ1n) is 7.30. The zero-order chi connectivity index (χ0) is 15.8. The molecule has 0 fully saturated rings. The van der Waals surface area contributed by atoms with Gasteiger partial charge in [0.2, 0.25) is 11.8 Å². The topological polar surface area (TPSA) is 73.9 Å². The second-order valence-electron chi connectivity index (χ2n) is 5.03. The minimum absolute atomic E-state index is 0.192. The van der Waals surface area contributed by atoms with E-state index in [4.69, 9.17) is 15.5 Å². The molecule has 4 aromatic rings. The molecule has 6 heteroatoms. The van der Waals surface area contributed by atoms with Crippen molar-refractivity contribution in [1.29, 1.82) is 0 Å². The van der Waals surface area contributed by atoms with E-state index in [9.17, 15) is 0 Å². The van der Waals surface area contributed by atoms with Crippen LogP contribution in [0.15, 0.2) is 42.5 Å². The summed E-state index contributed by atoms with van der Waals surface area (Å²) in [4.78, 5) is 14.2. The molecular formula is C17H14N4OS. The van der Waals surface area contributed by atoms with Crippen LogP contribution in [0.4, 0.5) is 5.95 Å². The summed E-state index contributed by atoms with van der Waals surface area (Å²) in [6.07, 6.45) is 0. The van der Waals surface area contributed by atoms with E-state index in [1.807, 2.05) is 31.2 Å². The summed E-state index contributed by atoms with van der Waals surface area (Å²) in [5.74, 6) is 0.621. The molecular weight excluding hydrogens is 308 g/mol. The normalized spacial score (nSPS) is 11.2. The van der Waals surface area contributed by atoms with E-state index < -0.39 is 0 Å². The third-order valence-electron chi connectivity index (χ3n) is 3.49. The zero-order valence-corrected chi connectivity index (χ0v) is 13.3. The smallest absolute Gasteiger partial charge is 0.245 e. The maximum absolute atomic E-state index is 5.73. The Labute approximate surface area is 136 Å². The molecule has 0 aliphatic carbocycles. The van der Waals surface area contributed by atoms with Gasteiger partial charge in [-0.15, -0.1) is 11.3 Å². The van der Waals surface area contributed by atoms with Crippen molar-refractivity contribution in [2.24, 2.45) is 0 Å². The molecule has 1 aromatic carbocycles. The summed E-state index contributed by atoms with van der Waals surface area (Å²) < 4.78 is 6.80. The minimum Gasteiger partial charge on any atom is -0.476 e. The number of nitrogen functional groups attached to an aromatic ring is 1. The molecule has 114 valence electrons. The Morgan fingerprint density at radius 2 is 1.96 bits per heavy atom. The van der Waals surface area contributed by atoms with E-state index in [1.165, 1.54) is 10.1 Å². The van der Waals surface area contributed by atoms with Gasteiger partial charge in [-0.05, 0) is 36.6 Å². The first-order valence-corrected chi connectivity index (χ1v) is 8.12. The van der Waals surface area contributed by atoms with Gasteiger partial charge in [-0.2, -0.15) is 4.98 Å². The number of rotatable bonds is 3. The molecule has 23 heavy (non-hydrogen) atoms. The molecule has 0 unspecified atom stereocenters. The number of hydrogen-bond donors (Lipinski definition) is 1. The standard InChI is InChI=1S/C17H14N4OS/c1-2-22-16-15-12(20-17(18)21-16)8-7-11(19-15)14-9-10-5-3-4-6-13(10)23-14/h3-9H,2H2,1H3,(H2,18,20,21). The van der Waals surface area contributed by atoms with E-state index in [2.05, 4.69) is 28.2 Å². The summed E-state index contributed by atoms with van der Waals surface area (Å²) >= 11 is 1.71. The Kier molecular flexibility index (Phi) is 3.31. The largest absolute Gasteiger partial charge is 0.476 e. The number of fused-ring (bicyclic) bond motifs is 2. The second-order valence-corrected chi connectivity index (χ2v) is 6.12. The first kappa shape index (κ1) is 13.9. The quantitative estimate of drug-likeness (QED) is 0.619. The van der Waals surface area contributed by atoms with Crippen LogP contribution in [0, 0.1) is 0 Å². The lowest BCUT2D eigenvalue weighted by Crippen LogP contribution is -2.02. The molecule has 0 spiro atoms. The molecule has 5 nitrogen and oxygen atoms in total. The number of hydrogen-bond acceptors (Lipinski definition) is 6. The summed E-state index contributed by atoms with van der Waals surface area (Å²) in [6.45, 7) is 2.40. The van der Waals surface area contributed by atoms with E-state index in [0.717, 1.165) is 10.6 Å². The molecule has 0 radical (unpaired) electrons. The molecule has 0 saturated heterocycles. The highest BCUT2D eigenvalue weighted by Crippen LogP contribution is 2.34. The fourth-order valence-corrected chi connectivity index (χ4v) is 3.52. The summed E-state index contributed by atoms with van der Waals surface area (Å²) in [7, 11) is 0. The summed E-state index contributed by atoms with van der Waals surface area (Å²) in [6, 6.07) is 14.3. The number of benzene rings is 1. The summed E-state index contributed by atoms with van der Waals surface area (Å²) in [5, 5.41) is 1.22. The van der Waals surface area contributed by atoms with Crippen LogP contribution in [0.5, 0.6) is 5.88 Å². The van der Waals surface area contributed by atoms with Crippen molar-refractivity contribution in [3.05, 3.63) is 42.5 Å². The lowest BCUT2D eigenvalue weighted by atomic mass is 10.2. The highest BCUT2D eigenvalue weighted by Gasteiger charge is 2.12. The van der Waals surface area contributed by atoms with Crippen LogP contribution in [0.1, 0.15) is 6.92 Å². The fourth-order valence-electron chi connectivity index (χ4n) is 2.49. The second kappa shape index (κ2) is 5.48. The van der Waals surface area contributed by atoms with Crippen LogP contribution in [0.2, 0.25) is 0 Å². The Hall–Kier alpha value is -2.73. The monoisotopic (exact) mass is 322 g/mol. The third-order valence-corrected chi connectivity index (χ3v) is 4.63. The first-order chi connectivity index (χ1) is 11.2. The van der Waals surface area contributed by atoms with Gasteiger partial charge in [-0.1, -0.05) is 18.2 Å². The fraction of sp³-hybridized carbons (Fsp3) is 0.118. The lowest BCUT2D eigenvalue weighted by Gasteiger charge is -2.07. The SMILES string of the molecule is CCOc1nc(N)nc2ccc(-c3cc4ccccc4s3)nc12. The van der Waals surface area contributed by atoms with Crippen LogP contribution in [-0.4, -0.2) is 21.6 Å². The van der Waals surface area contributed by atoms with Gasteiger partial charge < -0.3 is 10.5 Å². The molecule has 3 aromatic heterocycles. The van der Waals surface area contributed by atoms with Crippen molar-refractivity contribution in [3.63, 3.8) is 0 Å². The maximum atomic E-state index is 5.73. The summed E-state index contributed by atoms with van der Waals surface area (Å²) in [5.41, 5.74) is 7.93. The molecule has 3 heterocycles. The van der Waals surface area contributed by atoms with Crippen LogP contribution >= 0.6 is 11.3 Å². The van der Waals surface area contributed by atoms with Crippen LogP contribution in [0.3, 0.4) is 0 Å². The van der Waals surface area contributed by atoms with E-state index in [1.54, 1.807) is 11.3 Å². The van der Waals surface area contributed by atoms with Gasteiger partial charge in [0, 0.05) is 4.70 Å². The molecule has 4 rings (SSSR count). The number of ether oxygens (including phenoxy) is 1. The van der Waals surface area contributed by atoms with Crippen molar-refractivity contribution in [1.82, 2.24) is 15.0 Å². The Morgan fingerprint density at radius 3 is 2.78 bits per heavy atom. The maximum Gasteiger partial charge on any atom is 0.245 e. The highest BCUT2D eigenvalue weighted by molar-refractivity contribution is 7.22. The van der Waals surface area contributed by atoms with E-state index in [-0.39, 0.29) is 5.95 Å². The molecule has 0 bridgehead atoms. The van der Waals surface area contributed by atoms with E-state index >= 15 is 0 Å². The average molecular weight is 322 g/mol. The van der Waals surface area contributed by atoms with Gasteiger partial charge in [-0.3, -0.25) is 0 Å². The molecule has 0 aliphatic rings. The Morgan fingerprint density at radius 1 is 1.09 bits per heavy atom. The van der Waals surface area contributed by atoms with Crippen LogP contribution in [0.25, 0.3) is 31.7 Å². The molecule has 0 atom stereocenters. The van der Waals surface area contributed by atoms with Crippen molar-refractivity contribution in [2.75, 3.05) is 12.3 Å². The van der Waals surface area contributed by atoms with Gasteiger partial charge in [0.25, 0.3) is 0 Å². The van der Waals surface area contributed by atoms with Crippen LogP contribution in [-0.2, 0) is 0 Å². The van der Waals surface area contributed by atoms with Crippen LogP contribution < -0.4 is 10.5 Å². The van der Waals surface area contributed by atoms with E-state index in [0.29, 0.717) is 23.5 Å². The minimum atomic E-state index is 0.192. The average Bonchev–Trinajstić information content (AvgIpc) is 2.99. The predicted octanol–water partition coefficient (Wildman–Crippen LogP) is 3.89. The van der Waals surface area contributed by atoms with Gasteiger partial charge in [0.05, 0.1) is 22.7 Å². The number of aromatic nitrogens is 3. The lowest BCUT2D eigenvalue weighted by molar-refractivity contribution is 0.330. The van der Waals surface area contributed by atoms with Crippen molar-refractivity contribution in [2.45, 2.75) is 6.92 Å². The molecule has 0 aliphatic heterocycles. The third kappa shape index (κ3) is 2.47.